The average molecular weight is 463 g/mol. The van der Waals surface area contributed by atoms with Crippen molar-refractivity contribution >= 4 is 21.8 Å². The number of carbonyl (C=O) groups is 2. The molecule has 4 rings (SSSR count). The molecular formula is C21H22FN3O6S. The summed E-state index contributed by atoms with van der Waals surface area (Å²) >= 11 is 0. The monoisotopic (exact) mass is 463 g/mol. The second kappa shape index (κ2) is 9.13. The first-order valence-electron chi connectivity index (χ1n) is 10.1. The Bertz CT molecular complexity index is 1120. The summed E-state index contributed by atoms with van der Waals surface area (Å²) in [4.78, 5) is 24.4. The number of hydrogen-bond donors (Lipinski definition) is 2. The fraction of sp³-hybridized carbons (Fsp3) is 0.333. The van der Waals surface area contributed by atoms with Gasteiger partial charge in [-0.05, 0) is 37.1 Å². The van der Waals surface area contributed by atoms with Gasteiger partial charge in [0.25, 0.3) is 5.91 Å². The standard InChI is InChI=1S/C21H22FN3O6S/c22-15-5-1-4-8-19(15)32(28,29)25-11-9-14(10-12-25)20(26)23-24-21(27)18-13-30-16-6-2-3-7-17(16)31-18/h1-8,14,18H,9-13H2,(H,23,26)(H,24,27)/t18-/m1/s1. The number of hydrogen-bond acceptors (Lipinski definition) is 6. The second-order valence-electron chi connectivity index (χ2n) is 7.45. The lowest BCUT2D eigenvalue weighted by molar-refractivity contribution is -0.136. The van der Waals surface area contributed by atoms with Crippen LogP contribution in [0.1, 0.15) is 12.8 Å². The summed E-state index contributed by atoms with van der Waals surface area (Å²) in [6.45, 7) is 0.142. The number of sulfonamides is 1. The summed E-state index contributed by atoms with van der Waals surface area (Å²) in [5, 5.41) is 0. The summed E-state index contributed by atoms with van der Waals surface area (Å²) in [5.74, 6) is -1.32. The Morgan fingerprint density at radius 3 is 2.28 bits per heavy atom. The number of halogens is 1. The fourth-order valence-corrected chi connectivity index (χ4v) is 5.14. The largest absolute Gasteiger partial charge is 0.485 e. The topological polar surface area (TPSA) is 114 Å². The van der Waals surface area contributed by atoms with Crippen LogP contribution in [-0.4, -0.2) is 50.3 Å². The van der Waals surface area contributed by atoms with Gasteiger partial charge in [-0.15, -0.1) is 0 Å². The van der Waals surface area contributed by atoms with Crippen LogP contribution >= 0.6 is 0 Å². The van der Waals surface area contributed by atoms with E-state index in [0.717, 1.165) is 6.07 Å². The maximum absolute atomic E-state index is 13.9. The predicted octanol–water partition coefficient (Wildman–Crippen LogP) is 1.21. The van der Waals surface area contributed by atoms with Gasteiger partial charge in [-0.3, -0.25) is 20.4 Å². The molecule has 0 aromatic heterocycles. The molecule has 2 aromatic carbocycles. The summed E-state index contributed by atoms with van der Waals surface area (Å²) in [6, 6.07) is 12.1. The third kappa shape index (κ3) is 4.53. The Kier molecular flexibility index (Phi) is 6.28. The zero-order valence-corrected chi connectivity index (χ0v) is 17.8. The minimum Gasteiger partial charge on any atom is -0.485 e. The van der Waals surface area contributed by atoms with E-state index in [9.17, 15) is 22.4 Å². The summed E-state index contributed by atoms with van der Waals surface area (Å²) in [7, 11) is -3.98. The first-order valence-corrected chi connectivity index (χ1v) is 11.5. The molecule has 2 aromatic rings. The molecule has 32 heavy (non-hydrogen) atoms. The summed E-state index contributed by atoms with van der Waals surface area (Å²) in [6.07, 6.45) is -0.435. The molecule has 9 nitrogen and oxygen atoms in total. The van der Waals surface area contributed by atoms with Crippen molar-refractivity contribution in [2.45, 2.75) is 23.8 Å². The number of benzene rings is 2. The van der Waals surface area contributed by atoms with Gasteiger partial charge < -0.3 is 9.47 Å². The van der Waals surface area contributed by atoms with Crippen molar-refractivity contribution < 1.29 is 31.9 Å². The van der Waals surface area contributed by atoms with Crippen LogP contribution in [0.15, 0.2) is 53.4 Å². The van der Waals surface area contributed by atoms with Crippen molar-refractivity contribution in [1.82, 2.24) is 15.2 Å². The molecule has 2 N–H and O–H groups in total. The highest BCUT2D eigenvalue weighted by Crippen LogP contribution is 2.31. The molecule has 2 heterocycles. The van der Waals surface area contributed by atoms with Gasteiger partial charge in [-0.1, -0.05) is 24.3 Å². The number of ether oxygens (including phenoxy) is 2. The van der Waals surface area contributed by atoms with Gasteiger partial charge in [-0.25, -0.2) is 12.8 Å². The molecule has 170 valence electrons. The number of rotatable bonds is 4. The Hall–Kier alpha value is -3.18. The van der Waals surface area contributed by atoms with E-state index in [2.05, 4.69) is 10.9 Å². The molecule has 1 fully saturated rings. The molecule has 2 amide bonds. The van der Waals surface area contributed by atoms with E-state index in [1.165, 1.54) is 22.5 Å². The maximum Gasteiger partial charge on any atom is 0.283 e. The minimum absolute atomic E-state index is 0.00497. The molecule has 0 spiro atoms. The van der Waals surface area contributed by atoms with Crippen molar-refractivity contribution in [2.24, 2.45) is 5.92 Å². The van der Waals surface area contributed by atoms with E-state index in [4.69, 9.17) is 9.47 Å². The molecule has 0 saturated carbocycles. The van der Waals surface area contributed by atoms with Gasteiger partial charge in [0.1, 0.15) is 17.3 Å². The van der Waals surface area contributed by atoms with Gasteiger partial charge in [0.2, 0.25) is 22.0 Å². The van der Waals surface area contributed by atoms with E-state index < -0.39 is 39.7 Å². The van der Waals surface area contributed by atoms with E-state index in [0.29, 0.717) is 11.5 Å². The number of nitrogens with one attached hydrogen (secondary N) is 2. The number of hydrazine groups is 1. The third-order valence-corrected chi connectivity index (χ3v) is 7.32. The van der Waals surface area contributed by atoms with Crippen LogP contribution in [0, 0.1) is 11.7 Å². The highest BCUT2D eigenvalue weighted by molar-refractivity contribution is 7.89. The zero-order valence-electron chi connectivity index (χ0n) is 17.0. The molecule has 2 aliphatic rings. The minimum atomic E-state index is -3.98. The third-order valence-electron chi connectivity index (χ3n) is 5.39. The van der Waals surface area contributed by atoms with Crippen molar-refractivity contribution in [1.29, 1.82) is 0 Å². The Labute approximate surface area is 184 Å². The first-order chi connectivity index (χ1) is 15.4. The highest BCUT2D eigenvalue weighted by atomic mass is 32.2. The number of carbonyl (C=O) groups excluding carboxylic acids is 2. The number of para-hydroxylation sites is 2. The molecule has 0 bridgehead atoms. The molecule has 0 aliphatic carbocycles. The number of nitrogens with zero attached hydrogens (tertiary/aromatic N) is 1. The van der Waals surface area contributed by atoms with E-state index in [-0.39, 0.29) is 37.4 Å². The van der Waals surface area contributed by atoms with Crippen molar-refractivity contribution in [3.05, 3.63) is 54.3 Å². The van der Waals surface area contributed by atoms with Gasteiger partial charge in [0.15, 0.2) is 11.5 Å². The Balaban J connectivity index is 1.27. The number of piperidine rings is 1. The van der Waals surface area contributed by atoms with Crippen LogP contribution in [0.4, 0.5) is 4.39 Å². The van der Waals surface area contributed by atoms with Crippen molar-refractivity contribution in [3.63, 3.8) is 0 Å². The lowest BCUT2D eigenvalue weighted by Gasteiger charge is -2.31. The van der Waals surface area contributed by atoms with Crippen LogP contribution in [0.3, 0.4) is 0 Å². The van der Waals surface area contributed by atoms with Crippen molar-refractivity contribution in [3.8, 4) is 11.5 Å². The lowest BCUT2D eigenvalue weighted by Crippen LogP contribution is -2.53. The Morgan fingerprint density at radius 2 is 1.56 bits per heavy atom. The fourth-order valence-electron chi connectivity index (χ4n) is 3.61. The number of fused-ring (bicyclic) bond motifs is 1. The average Bonchev–Trinajstić information content (AvgIpc) is 2.82. The zero-order chi connectivity index (χ0) is 22.7. The molecule has 2 aliphatic heterocycles. The van der Waals surface area contributed by atoms with Crippen molar-refractivity contribution in [2.75, 3.05) is 19.7 Å². The van der Waals surface area contributed by atoms with Crippen LogP contribution in [0.5, 0.6) is 11.5 Å². The highest BCUT2D eigenvalue weighted by Gasteiger charge is 2.34. The predicted molar refractivity (Wildman–Crippen MR) is 111 cm³/mol. The lowest BCUT2D eigenvalue weighted by atomic mass is 9.98. The van der Waals surface area contributed by atoms with E-state index in [1.54, 1.807) is 24.3 Å². The summed E-state index contributed by atoms with van der Waals surface area (Å²) < 4.78 is 51.5. The Morgan fingerprint density at radius 1 is 0.938 bits per heavy atom. The van der Waals surface area contributed by atoms with E-state index in [1.807, 2.05) is 0 Å². The second-order valence-corrected chi connectivity index (χ2v) is 9.36. The quantitative estimate of drug-likeness (QED) is 0.659. The first kappa shape index (κ1) is 22.0. The van der Waals surface area contributed by atoms with Gasteiger partial charge in [0.05, 0.1) is 0 Å². The normalized spacial score (nSPS) is 19.2. The van der Waals surface area contributed by atoms with Crippen LogP contribution < -0.4 is 20.3 Å². The maximum atomic E-state index is 13.9. The smallest absolute Gasteiger partial charge is 0.283 e. The molecule has 1 atom stereocenters. The van der Waals surface area contributed by atoms with E-state index >= 15 is 0 Å². The van der Waals surface area contributed by atoms with Gasteiger partial charge in [-0.2, -0.15) is 4.31 Å². The van der Waals surface area contributed by atoms with Gasteiger partial charge >= 0.3 is 0 Å². The molecular weight excluding hydrogens is 441 g/mol. The van der Waals surface area contributed by atoms with Crippen LogP contribution in [0.2, 0.25) is 0 Å². The molecule has 0 radical (unpaired) electrons. The SMILES string of the molecule is O=C(NNC(=O)[C@H]1COc2ccccc2O1)C1CCN(S(=O)(=O)c2ccccc2F)CC1. The molecule has 11 heteroatoms. The number of amides is 2. The van der Waals surface area contributed by atoms with Crippen LogP contribution in [-0.2, 0) is 19.6 Å². The summed E-state index contributed by atoms with van der Waals surface area (Å²) in [5.41, 5.74) is 4.70. The molecule has 0 unspecified atom stereocenters. The molecule has 1 saturated heterocycles. The van der Waals surface area contributed by atoms with Gasteiger partial charge in [0, 0.05) is 19.0 Å². The van der Waals surface area contributed by atoms with Crippen LogP contribution in [0.25, 0.3) is 0 Å².